The second-order valence-electron chi connectivity index (χ2n) is 6.02. The van der Waals surface area contributed by atoms with Gasteiger partial charge in [0.25, 0.3) is 0 Å². The van der Waals surface area contributed by atoms with Gasteiger partial charge in [-0.1, -0.05) is 13.8 Å². The third kappa shape index (κ3) is 3.12. The van der Waals surface area contributed by atoms with Crippen LogP contribution in [-0.2, 0) is 16.6 Å². The summed E-state index contributed by atoms with van der Waals surface area (Å²) >= 11 is 5.75. The van der Waals surface area contributed by atoms with Gasteiger partial charge in [-0.2, -0.15) is 9.40 Å². The lowest BCUT2D eigenvalue weighted by Crippen LogP contribution is -2.42. The summed E-state index contributed by atoms with van der Waals surface area (Å²) in [5, 5.41) is 4.32. The van der Waals surface area contributed by atoms with Gasteiger partial charge in [-0.3, -0.25) is 4.68 Å². The van der Waals surface area contributed by atoms with Gasteiger partial charge in [-0.25, -0.2) is 8.42 Å². The zero-order chi connectivity index (χ0) is 15.8. The predicted octanol–water partition coefficient (Wildman–Crippen LogP) is 2.41. The Morgan fingerprint density at radius 3 is 2.52 bits per heavy atom. The van der Waals surface area contributed by atoms with Crippen LogP contribution in [0, 0.1) is 25.7 Å². The molecule has 2 rings (SSSR count). The van der Waals surface area contributed by atoms with Crippen molar-refractivity contribution >= 4 is 21.6 Å². The Kier molecular flexibility index (Phi) is 5.00. The highest BCUT2D eigenvalue weighted by Crippen LogP contribution is 2.30. The van der Waals surface area contributed by atoms with Gasteiger partial charge in [-0.15, -0.1) is 11.6 Å². The third-order valence-corrected chi connectivity index (χ3v) is 6.79. The fourth-order valence-electron chi connectivity index (χ4n) is 2.92. The number of aromatic nitrogens is 2. The molecule has 0 amide bonds. The van der Waals surface area contributed by atoms with E-state index >= 15 is 0 Å². The van der Waals surface area contributed by atoms with E-state index in [4.69, 9.17) is 11.6 Å². The molecule has 120 valence electrons. The van der Waals surface area contributed by atoms with Gasteiger partial charge in [0, 0.05) is 19.0 Å². The number of alkyl halides is 1. The van der Waals surface area contributed by atoms with Gasteiger partial charge in [0.2, 0.25) is 10.0 Å². The Morgan fingerprint density at radius 2 is 1.95 bits per heavy atom. The highest BCUT2D eigenvalue weighted by molar-refractivity contribution is 7.89. The first-order valence-corrected chi connectivity index (χ1v) is 9.36. The van der Waals surface area contributed by atoms with Gasteiger partial charge in [0.05, 0.1) is 17.9 Å². The summed E-state index contributed by atoms with van der Waals surface area (Å²) in [6.45, 7) is 9.55. The van der Waals surface area contributed by atoms with E-state index in [9.17, 15) is 8.42 Å². The lowest BCUT2D eigenvalue weighted by Gasteiger charge is -2.34. The first-order chi connectivity index (χ1) is 9.78. The molecule has 2 unspecified atom stereocenters. The summed E-state index contributed by atoms with van der Waals surface area (Å²) in [5.74, 6) is 1.37. The zero-order valence-corrected chi connectivity index (χ0v) is 14.7. The van der Waals surface area contributed by atoms with E-state index in [-0.39, 0.29) is 0 Å². The van der Waals surface area contributed by atoms with Crippen LogP contribution in [0.25, 0.3) is 0 Å². The van der Waals surface area contributed by atoms with Crippen LogP contribution in [0.2, 0.25) is 0 Å². The average molecular weight is 334 g/mol. The number of aryl methyl sites for hydroxylation is 2. The van der Waals surface area contributed by atoms with Crippen LogP contribution in [0.1, 0.15) is 31.7 Å². The van der Waals surface area contributed by atoms with Crippen molar-refractivity contribution in [2.45, 2.75) is 45.6 Å². The molecule has 1 aromatic rings. The Bertz CT molecular complexity index is 612. The Hall–Kier alpha value is -0.590. The molecule has 1 aliphatic heterocycles. The Labute approximate surface area is 132 Å². The second kappa shape index (κ2) is 6.26. The van der Waals surface area contributed by atoms with E-state index < -0.39 is 10.0 Å². The van der Waals surface area contributed by atoms with Crippen molar-refractivity contribution in [3.63, 3.8) is 0 Å². The summed E-state index contributed by atoms with van der Waals surface area (Å²) in [6, 6.07) is 0. The molecule has 2 heterocycles. The third-order valence-electron chi connectivity index (χ3n) is 4.51. The molecule has 0 aliphatic carbocycles. The summed E-state index contributed by atoms with van der Waals surface area (Å²) in [4.78, 5) is 0.356. The molecule has 2 atom stereocenters. The minimum Gasteiger partial charge on any atom is -0.267 e. The quantitative estimate of drug-likeness (QED) is 0.795. The van der Waals surface area contributed by atoms with E-state index in [0.717, 1.165) is 6.42 Å². The summed E-state index contributed by atoms with van der Waals surface area (Å²) < 4.78 is 29.2. The highest BCUT2D eigenvalue weighted by Gasteiger charge is 2.35. The van der Waals surface area contributed by atoms with Crippen LogP contribution in [0.4, 0.5) is 0 Å². The molecule has 5 nitrogen and oxygen atoms in total. The normalized spacial score (nSPS) is 24.4. The van der Waals surface area contributed by atoms with Crippen LogP contribution in [0.5, 0.6) is 0 Å². The van der Waals surface area contributed by atoms with E-state index in [1.54, 1.807) is 22.8 Å². The first-order valence-electron chi connectivity index (χ1n) is 7.39. The van der Waals surface area contributed by atoms with Gasteiger partial charge in [-0.05, 0) is 32.1 Å². The molecular formula is C14H24ClN3O2S. The molecular weight excluding hydrogens is 310 g/mol. The van der Waals surface area contributed by atoms with Gasteiger partial charge in [0.15, 0.2) is 0 Å². The number of nitrogens with zero attached hydrogens (tertiary/aromatic N) is 3. The lowest BCUT2D eigenvalue weighted by atomic mass is 9.90. The molecule has 1 aliphatic rings. The number of halogens is 1. The molecule has 0 aromatic carbocycles. The topological polar surface area (TPSA) is 55.2 Å². The first kappa shape index (κ1) is 16.8. The molecule has 21 heavy (non-hydrogen) atoms. The van der Waals surface area contributed by atoms with Crippen LogP contribution >= 0.6 is 11.6 Å². The van der Waals surface area contributed by atoms with Gasteiger partial charge < -0.3 is 0 Å². The van der Waals surface area contributed by atoms with Crippen LogP contribution in [0.3, 0.4) is 0 Å². The maximum Gasteiger partial charge on any atom is 0.246 e. The Morgan fingerprint density at radius 1 is 1.29 bits per heavy atom. The van der Waals surface area contributed by atoms with Crippen molar-refractivity contribution in [2.24, 2.45) is 11.8 Å². The average Bonchev–Trinajstić information content (AvgIpc) is 2.68. The van der Waals surface area contributed by atoms with E-state index in [1.165, 1.54) is 0 Å². The van der Waals surface area contributed by atoms with Crippen molar-refractivity contribution in [2.75, 3.05) is 19.0 Å². The molecule has 0 N–H and O–H groups in total. The van der Waals surface area contributed by atoms with Gasteiger partial charge in [0.1, 0.15) is 4.90 Å². The van der Waals surface area contributed by atoms with Crippen LogP contribution in [0.15, 0.2) is 4.90 Å². The molecule has 0 bridgehead atoms. The van der Waals surface area contributed by atoms with Crippen molar-refractivity contribution < 1.29 is 8.42 Å². The van der Waals surface area contributed by atoms with E-state index in [2.05, 4.69) is 18.9 Å². The summed E-state index contributed by atoms with van der Waals surface area (Å²) in [5.41, 5.74) is 1.24. The standard InChI is InChI=1S/C14H24ClN3O2S/c1-10-5-7-17(9-11(10)2)21(19,20)14-12(3)16-18(8-6-15)13(14)4/h10-11H,5-9H2,1-4H3. The monoisotopic (exact) mass is 333 g/mol. The SMILES string of the molecule is Cc1nn(CCCl)c(C)c1S(=O)(=O)N1CCC(C)C(C)C1. The number of piperidine rings is 1. The zero-order valence-electron chi connectivity index (χ0n) is 13.1. The van der Waals surface area contributed by atoms with Crippen molar-refractivity contribution in [1.29, 1.82) is 0 Å². The molecule has 0 spiro atoms. The maximum atomic E-state index is 12.9. The molecule has 0 radical (unpaired) electrons. The highest BCUT2D eigenvalue weighted by atomic mass is 35.5. The molecule has 1 saturated heterocycles. The van der Waals surface area contributed by atoms with E-state index in [1.807, 2.05) is 0 Å². The van der Waals surface area contributed by atoms with E-state index in [0.29, 0.717) is 53.6 Å². The number of hydrogen-bond acceptors (Lipinski definition) is 3. The molecule has 1 fully saturated rings. The summed E-state index contributed by atoms with van der Waals surface area (Å²) in [6.07, 6.45) is 0.911. The number of sulfonamides is 1. The molecule has 1 aromatic heterocycles. The second-order valence-corrected chi connectivity index (χ2v) is 8.27. The van der Waals surface area contributed by atoms with Crippen molar-refractivity contribution in [3.05, 3.63) is 11.4 Å². The van der Waals surface area contributed by atoms with Crippen molar-refractivity contribution in [1.82, 2.24) is 14.1 Å². The van der Waals surface area contributed by atoms with Crippen LogP contribution in [-0.4, -0.2) is 41.5 Å². The maximum absolute atomic E-state index is 12.9. The minimum atomic E-state index is -3.47. The molecule has 0 saturated carbocycles. The molecule has 7 heteroatoms. The fraction of sp³-hybridized carbons (Fsp3) is 0.786. The van der Waals surface area contributed by atoms with Gasteiger partial charge >= 0.3 is 0 Å². The predicted molar refractivity (Wildman–Crippen MR) is 84.1 cm³/mol. The fourth-order valence-corrected chi connectivity index (χ4v) is 5.01. The lowest BCUT2D eigenvalue weighted by molar-refractivity contribution is 0.212. The summed E-state index contributed by atoms with van der Waals surface area (Å²) in [7, 11) is -3.47. The number of hydrogen-bond donors (Lipinski definition) is 0. The number of rotatable bonds is 4. The van der Waals surface area contributed by atoms with Crippen molar-refractivity contribution in [3.8, 4) is 0 Å². The smallest absolute Gasteiger partial charge is 0.246 e. The van der Waals surface area contributed by atoms with Crippen LogP contribution < -0.4 is 0 Å². The largest absolute Gasteiger partial charge is 0.267 e. The Balaban J connectivity index is 2.36. The minimum absolute atomic E-state index is 0.356.